The third-order valence-electron chi connectivity index (χ3n) is 5.98. The van der Waals surface area contributed by atoms with Crippen molar-refractivity contribution in [1.29, 1.82) is 0 Å². The molecule has 1 N–H and O–H groups in total. The van der Waals surface area contributed by atoms with E-state index >= 15 is 0 Å². The number of amides is 1. The summed E-state index contributed by atoms with van der Waals surface area (Å²) in [7, 11) is 0. The largest absolute Gasteiger partial charge is 0.356 e. The summed E-state index contributed by atoms with van der Waals surface area (Å²) in [6, 6.07) is 7.94. The van der Waals surface area contributed by atoms with Crippen molar-refractivity contribution in [3.8, 4) is 0 Å². The molecule has 2 fully saturated rings. The fourth-order valence-electron chi connectivity index (χ4n) is 4.24. The maximum atomic E-state index is 12.8. The third-order valence-corrected chi connectivity index (χ3v) is 5.98. The van der Waals surface area contributed by atoms with Crippen molar-refractivity contribution in [3.63, 3.8) is 0 Å². The van der Waals surface area contributed by atoms with Crippen LogP contribution in [0.1, 0.15) is 26.2 Å². The lowest BCUT2D eigenvalue weighted by molar-refractivity contribution is -0.132. The fraction of sp³-hybridized carbons (Fsp3) is 0.545. The summed E-state index contributed by atoms with van der Waals surface area (Å²) in [5.41, 5.74) is 0. The molecule has 30 heavy (non-hydrogen) atoms. The van der Waals surface area contributed by atoms with Gasteiger partial charge in [0.25, 0.3) is 0 Å². The van der Waals surface area contributed by atoms with Gasteiger partial charge in [-0.2, -0.15) is 4.98 Å². The topological polar surface area (TPSA) is 77.5 Å². The second-order valence-corrected chi connectivity index (χ2v) is 7.96. The summed E-state index contributed by atoms with van der Waals surface area (Å²) in [5, 5.41) is 3.17. The smallest absolute Gasteiger partial charge is 0.224 e. The van der Waals surface area contributed by atoms with Gasteiger partial charge in [0.2, 0.25) is 11.9 Å². The Morgan fingerprint density at radius 1 is 0.967 bits per heavy atom. The lowest BCUT2D eigenvalue weighted by Gasteiger charge is -2.37. The van der Waals surface area contributed by atoms with E-state index in [0.29, 0.717) is 24.2 Å². The molecule has 2 aromatic heterocycles. The molecule has 0 spiro atoms. The quantitative estimate of drug-likeness (QED) is 0.784. The monoisotopic (exact) mass is 409 g/mol. The van der Waals surface area contributed by atoms with E-state index in [1.165, 1.54) is 0 Å². The van der Waals surface area contributed by atoms with Crippen LogP contribution in [-0.4, -0.2) is 71.6 Å². The summed E-state index contributed by atoms with van der Waals surface area (Å²) >= 11 is 0. The van der Waals surface area contributed by atoms with Gasteiger partial charge in [0.1, 0.15) is 11.6 Å². The van der Waals surface area contributed by atoms with Crippen LogP contribution in [-0.2, 0) is 4.79 Å². The number of piperidine rings is 1. The summed E-state index contributed by atoms with van der Waals surface area (Å²) < 4.78 is 0. The van der Waals surface area contributed by atoms with Crippen LogP contribution in [0.3, 0.4) is 0 Å². The first-order valence-corrected chi connectivity index (χ1v) is 11.0. The van der Waals surface area contributed by atoms with Gasteiger partial charge in [-0.25, -0.2) is 9.97 Å². The third kappa shape index (κ3) is 4.98. The first-order chi connectivity index (χ1) is 14.7. The van der Waals surface area contributed by atoms with Crippen molar-refractivity contribution in [1.82, 2.24) is 19.9 Å². The summed E-state index contributed by atoms with van der Waals surface area (Å²) in [4.78, 5) is 32.7. The zero-order valence-electron chi connectivity index (χ0n) is 17.7. The maximum absolute atomic E-state index is 12.8. The van der Waals surface area contributed by atoms with Gasteiger partial charge in [-0.1, -0.05) is 6.07 Å². The molecule has 4 heterocycles. The Labute approximate surface area is 178 Å². The molecule has 160 valence electrons. The van der Waals surface area contributed by atoms with Crippen LogP contribution in [0.25, 0.3) is 0 Å². The van der Waals surface area contributed by atoms with Crippen molar-refractivity contribution in [2.24, 2.45) is 5.92 Å². The number of carbonyl (C=O) groups is 1. The van der Waals surface area contributed by atoms with Crippen LogP contribution < -0.4 is 15.1 Å². The molecule has 0 radical (unpaired) electrons. The number of aromatic nitrogens is 3. The minimum atomic E-state index is 0.297. The first-order valence-electron chi connectivity index (χ1n) is 11.0. The zero-order chi connectivity index (χ0) is 20.8. The summed E-state index contributed by atoms with van der Waals surface area (Å²) in [6.07, 6.45) is 6.34. The Bertz CT molecular complexity index is 815. The van der Waals surface area contributed by atoms with Crippen molar-refractivity contribution < 1.29 is 4.79 Å². The highest BCUT2D eigenvalue weighted by atomic mass is 16.2. The molecule has 1 amide bonds. The van der Waals surface area contributed by atoms with Gasteiger partial charge in [-0.05, 0) is 43.9 Å². The zero-order valence-corrected chi connectivity index (χ0v) is 17.7. The Hall–Kier alpha value is -2.90. The number of piperazine rings is 1. The van der Waals surface area contributed by atoms with Crippen LogP contribution in [0.4, 0.5) is 17.6 Å². The lowest BCUT2D eigenvalue weighted by atomic mass is 9.93. The molecular weight excluding hydrogens is 378 g/mol. The number of pyridine rings is 1. The van der Waals surface area contributed by atoms with E-state index in [0.717, 1.165) is 70.3 Å². The van der Waals surface area contributed by atoms with Gasteiger partial charge in [0.15, 0.2) is 0 Å². The minimum Gasteiger partial charge on any atom is -0.356 e. The van der Waals surface area contributed by atoms with Crippen molar-refractivity contribution >= 4 is 23.5 Å². The minimum absolute atomic E-state index is 0.297. The number of rotatable bonds is 6. The average molecular weight is 410 g/mol. The maximum Gasteiger partial charge on any atom is 0.224 e. The van der Waals surface area contributed by atoms with Crippen LogP contribution in [0.2, 0.25) is 0 Å². The van der Waals surface area contributed by atoms with Crippen molar-refractivity contribution in [2.75, 3.05) is 60.9 Å². The molecule has 0 bridgehead atoms. The van der Waals surface area contributed by atoms with Gasteiger partial charge >= 0.3 is 0 Å². The molecule has 4 rings (SSSR count). The van der Waals surface area contributed by atoms with Crippen LogP contribution in [0, 0.1) is 5.92 Å². The van der Waals surface area contributed by atoms with E-state index in [9.17, 15) is 4.79 Å². The highest BCUT2D eigenvalue weighted by Gasteiger charge is 2.27. The number of anilines is 3. The molecule has 0 atom stereocenters. The Morgan fingerprint density at radius 2 is 1.73 bits per heavy atom. The predicted molar refractivity (Wildman–Crippen MR) is 119 cm³/mol. The fourth-order valence-corrected chi connectivity index (χ4v) is 4.24. The standard InChI is InChI=1S/C22H31N7O/c1-2-23-22-25-10-6-20(26-22)27-11-7-18(8-12-27)17-21(30)29-15-13-28(14-16-29)19-5-3-4-9-24-19/h3-6,9-10,18H,2,7-8,11-17H2,1H3,(H,23,25,26). The second kappa shape index (κ2) is 9.73. The molecule has 2 saturated heterocycles. The van der Waals surface area contributed by atoms with E-state index in [1.54, 1.807) is 6.20 Å². The van der Waals surface area contributed by atoms with Gasteiger partial charge < -0.3 is 20.0 Å². The van der Waals surface area contributed by atoms with Gasteiger partial charge in [-0.3, -0.25) is 4.79 Å². The average Bonchev–Trinajstić information content (AvgIpc) is 2.81. The Morgan fingerprint density at radius 3 is 2.43 bits per heavy atom. The second-order valence-electron chi connectivity index (χ2n) is 7.96. The van der Waals surface area contributed by atoms with Crippen LogP contribution in [0.15, 0.2) is 36.7 Å². The molecule has 8 nitrogen and oxygen atoms in total. The molecule has 2 aliphatic rings. The van der Waals surface area contributed by atoms with E-state index in [1.807, 2.05) is 42.3 Å². The van der Waals surface area contributed by atoms with E-state index < -0.39 is 0 Å². The predicted octanol–water partition coefficient (Wildman–Crippen LogP) is 2.26. The number of carbonyl (C=O) groups excluding carboxylic acids is 1. The highest BCUT2D eigenvalue weighted by molar-refractivity contribution is 5.76. The summed E-state index contributed by atoms with van der Waals surface area (Å²) in [6.45, 7) is 7.99. The first kappa shape index (κ1) is 20.4. The Kier molecular flexibility index (Phi) is 6.61. The van der Waals surface area contributed by atoms with E-state index in [-0.39, 0.29) is 0 Å². The molecule has 0 saturated carbocycles. The van der Waals surface area contributed by atoms with Gasteiger partial charge in [0, 0.05) is 64.6 Å². The van der Waals surface area contributed by atoms with Crippen LogP contribution in [0.5, 0.6) is 0 Å². The molecule has 0 aromatic carbocycles. The van der Waals surface area contributed by atoms with E-state index in [4.69, 9.17) is 0 Å². The SMILES string of the molecule is CCNc1nccc(N2CCC(CC(=O)N3CCN(c4ccccn4)CC3)CC2)n1. The van der Waals surface area contributed by atoms with Gasteiger partial charge in [-0.15, -0.1) is 0 Å². The molecule has 0 unspecified atom stereocenters. The molecule has 0 aliphatic carbocycles. The van der Waals surface area contributed by atoms with Crippen molar-refractivity contribution in [3.05, 3.63) is 36.7 Å². The lowest BCUT2D eigenvalue weighted by Crippen LogP contribution is -2.49. The number of hydrogen-bond donors (Lipinski definition) is 1. The molecule has 8 heteroatoms. The summed E-state index contributed by atoms with van der Waals surface area (Å²) in [5.74, 6) is 3.40. The molecule has 2 aromatic rings. The number of hydrogen-bond acceptors (Lipinski definition) is 7. The Balaban J connectivity index is 1.22. The van der Waals surface area contributed by atoms with Gasteiger partial charge in [0.05, 0.1) is 0 Å². The van der Waals surface area contributed by atoms with E-state index in [2.05, 4.69) is 30.1 Å². The molecule has 2 aliphatic heterocycles. The normalized spacial score (nSPS) is 17.8. The number of nitrogens with zero attached hydrogens (tertiary/aromatic N) is 6. The van der Waals surface area contributed by atoms with Crippen LogP contribution >= 0.6 is 0 Å². The molecular formula is C22H31N7O. The highest BCUT2D eigenvalue weighted by Crippen LogP contribution is 2.25. The van der Waals surface area contributed by atoms with Crippen molar-refractivity contribution in [2.45, 2.75) is 26.2 Å². The number of nitrogens with one attached hydrogen (secondary N) is 1.